The number of anilines is 1. The zero-order valence-electron chi connectivity index (χ0n) is 14.7. The van der Waals surface area contributed by atoms with Crippen LogP contribution in [0.5, 0.6) is 0 Å². The summed E-state index contributed by atoms with van der Waals surface area (Å²) in [5.74, 6) is 2.16. The van der Waals surface area contributed by atoms with Crippen molar-refractivity contribution in [3.63, 3.8) is 0 Å². The van der Waals surface area contributed by atoms with Crippen molar-refractivity contribution in [2.45, 2.75) is 45.1 Å². The Morgan fingerprint density at radius 1 is 1.29 bits per heavy atom. The number of hydrogen-bond acceptors (Lipinski definition) is 4. The lowest BCUT2D eigenvalue weighted by atomic mass is 9.95. The number of piperidine rings is 1. The van der Waals surface area contributed by atoms with E-state index in [1.165, 1.54) is 0 Å². The van der Waals surface area contributed by atoms with E-state index < -0.39 is 0 Å². The lowest BCUT2D eigenvalue weighted by Gasteiger charge is -2.35. The van der Waals surface area contributed by atoms with E-state index in [9.17, 15) is 4.79 Å². The average Bonchev–Trinajstić information content (AvgIpc) is 3.07. The molecular weight excluding hydrogens is 300 g/mol. The van der Waals surface area contributed by atoms with E-state index in [2.05, 4.69) is 27.8 Å². The van der Waals surface area contributed by atoms with Gasteiger partial charge in [-0.2, -0.15) is 0 Å². The van der Waals surface area contributed by atoms with Gasteiger partial charge in [0.05, 0.1) is 0 Å². The SMILES string of the molecule is CCN(CC1CCN(c2ccccn2)CC1)C(=O)C1CCC(N)C1. The molecule has 2 heterocycles. The van der Waals surface area contributed by atoms with Gasteiger partial charge in [-0.25, -0.2) is 4.98 Å². The van der Waals surface area contributed by atoms with Gasteiger partial charge in [0.25, 0.3) is 0 Å². The molecule has 5 heteroatoms. The summed E-state index contributed by atoms with van der Waals surface area (Å²) >= 11 is 0. The second kappa shape index (κ2) is 7.97. The standard InChI is InChI=1S/C19H30N4O/c1-2-22(19(24)16-6-7-17(20)13-16)14-15-8-11-23(12-9-15)18-5-3-4-10-21-18/h3-5,10,15-17H,2,6-9,11-14,20H2,1H3. The molecule has 0 aromatic carbocycles. The molecular formula is C19H30N4O. The zero-order chi connectivity index (χ0) is 16.9. The van der Waals surface area contributed by atoms with Gasteiger partial charge in [0.2, 0.25) is 5.91 Å². The predicted molar refractivity (Wildman–Crippen MR) is 96.7 cm³/mol. The van der Waals surface area contributed by atoms with Crippen LogP contribution >= 0.6 is 0 Å². The number of amides is 1. The molecule has 1 amide bonds. The minimum Gasteiger partial charge on any atom is -0.357 e. The highest BCUT2D eigenvalue weighted by molar-refractivity contribution is 5.79. The van der Waals surface area contributed by atoms with Crippen LogP contribution in [0.15, 0.2) is 24.4 Å². The van der Waals surface area contributed by atoms with Crippen LogP contribution in [0.4, 0.5) is 5.82 Å². The van der Waals surface area contributed by atoms with Gasteiger partial charge in [-0.15, -0.1) is 0 Å². The minimum atomic E-state index is 0.161. The monoisotopic (exact) mass is 330 g/mol. The Kier molecular flexibility index (Phi) is 5.72. The van der Waals surface area contributed by atoms with Crippen molar-refractivity contribution in [1.82, 2.24) is 9.88 Å². The van der Waals surface area contributed by atoms with E-state index >= 15 is 0 Å². The van der Waals surface area contributed by atoms with E-state index in [1.807, 2.05) is 18.3 Å². The van der Waals surface area contributed by atoms with Crippen LogP contribution in [-0.2, 0) is 4.79 Å². The Morgan fingerprint density at radius 3 is 2.67 bits per heavy atom. The summed E-state index contributed by atoms with van der Waals surface area (Å²) < 4.78 is 0. The zero-order valence-corrected chi connectivity index (χ0v) is 14.7. The Morgan fingerprint density at radius 2 is 2.08 bits per heavy atom. The number of carbonyl (C=O) groups excluding carboxylic acids is 1. The number of rotatable bonds is 5. The molecule has 24 heavy (non-hydrogen) atoms. The molecule has 1 saturated heterocycles. The highest BCUT2D eigenvalue weighted by atomic mass is 16.2. The fourth-order valence-electron chi connectivity index (χ4n) is 4.07. The maximum atomic E-state index is 12.7. The van der Waals surface area contributed by atoms with Crippen LogP contribution in [-0.4, -0.2) is 48.0 Å². The molecule has 0 radical (unpaired) electrons. The molecule has 1 aromatic rings. The van der Waals surface area contributed by atoms with Crippen LogP contribution in [0.2, 0.25) is 0 Å². The molecule has 1 aliphatic heterocycles. The van der Waals surface area contributed by atoms with Crippen molar-refractivity contribution in [2.75, 3.05) is 31.1 Å². The Labute approximate surface area is 145 Å². The molecule has 3 rings (SSSR count). The normalized spacial score (nSPS) is 25.0. The molecule has 1 aromatic heterocycles. The van der Waals surface area contributed by atoms with Crippen LogP contribution in [0.25, 0.3) is 0 Å². The van der Waals surface area contributed by atoms with Gasteiger partial charge in [0.15, 0.2) is 0 Å². The quantitative estimate of drug-likeness (QED) is 0.900. The molecule has 1 saturated carbocycles. The van der Waals surface area contributed by atoms with Crippen molar-refractivity contribution in [3.8, 4) is 0 Å². The van der Waals surface area contributed by atoms with Crippen molar-refractivity contribution >= 4 is 11.7 Å². The average molecular weight is 330 g/mol. The molecule has 2 aliphatic rings. The van der Waals surface area contributed by atoms with Gasteiger partial charge in [-0.05, 0) is 57.1 Å². The summed E-state index contributed by atoms with van der Waals surface area (Å²) in [6.45, 7) is 5.86. The Hall–Kier alpha value is -1.62. The smallest absolute Gasteiger partial charge is 0.225 e. The first kappa shape index (κ1) is 17.2. The maximum absolute atomic E-state index is 12.7. The van der Waals surface area contributed by atoms with Crippen LogP contribution in [0.3, 0.4) is 0 Å². The largest absolute Gasteiger partial charge is 0.357 e. The molecule has 132 valence electrons. The predicted octanol–water partition coefficient (Wildman–Crippen LogP) is 2.27. The van der Waals surface area contributed by atoms with E-state index in [1.54, 1.807) is 0 Å². The summed E-state index contributed by atoms with van der Waals surface area (Å²) in [6.07, 6.45) is 6.94. The second-order valence-electron chi connectivity index (χ2n) is 7.27. The lowest BCUT2D eigenvalue weighted by Crippen LogP contribution is -2.43. The summed E-state index contributed by atoms with van der Waals surface area (Å²) in [5.41, 5.74) is 5.98. The number of nitrogens with two attached hydrogens (primary N) is 1. The van der Waals surface area contributed by atoms with E-state index in [4.69, 9.17) is 5.73 Å². The number of hydrogen-bond donors (Lipinski definition) is 1. The summed E-state index contributed by atoms with van der Waals surface area (Å²) in [7, 11) is 0. The van der Waals surface area contributed by atoms with Crippen molar-refractivity contribution in [1.29, 1.82) is 0 Å². The number of pyridine rings is 1. The van der Waals surface area contributed by atoms with Crippen LogP contribution < -0.4 is 10.6 Å². The third-order valence-corrected chi connectivity index (χ3v) is 5.58. The minimum absolute atomic E-state index is 0.161. The highest BCUT2D eigenvalue weighted by Crippen LogP contribution is 2.28. The maximum Gasteiger partial charge on any atom is 0.225 e. The van der Waals surface area contributed by atoms with Crippen molar-refractivity contribution in [3.05, 3.63) is 24.4 Å². The first-order chi connectivity index (χ1) is 11.7. The molecule has 0 bridgehead atoms. The third-order valence-electron chi connectivity index (χ3n) is 5.58. The Balaban J connectivity index is 1.50. The molecule has 2 fully saturated rings. The molecule has 1 aliphatic carbocycles. The van der Waals surface area contributed by atoms with Gasteiger partial charge in [-0.1, -0.05) is 6.07 Å². The third kappa shape index (κ3) is 4.07. The van der Waals surface area contributed by atoms with Gasteiger partial charge in [0, 0.05) is 44.3 Å². The van der Waals surface area contributed by atoms with Gasteiger partial charge >= 0.3 is 0 Å². The fraction of sp³-hybridized carbons (Fsp3) is 0.684. The lowest BCUT2D eigenvalue weighted by molar-refractivity contribution is -0.135. The first-order valence-electron chi connectivity index (χ1n) is 9.37. The van der Waals surface area contributed by atoms with Gasteiger partial charge in [0.1, 0.15) is 5.82 Å². The van der Waals surface area contributed by atoms with Gasteiger partial charge in [-0.3, -0.25) is 4.79 Å². The van der Waals surface area contributed by atoms with Crippen molar-refractivity contribution in [2.24, 2.45) is 17.6 Å². The topological polar surface area (TPSA) is 62.5 Å². The first-order valence-corrected chi connectivity index (χ1v) is 9.37. The molecule has 2 unspecified atom stereocenters. The number of nitrogens with zero attached hydrogens (tertiary/aromatic N) is 3. The molecule has 2 N–H and O–H groups in total. The highest BCUT2D eigenvalue weighted by Gasteiger charge is 2.32. The van der Waals surface area contributed by atoms with Gasteiger partial charge < -0.3 is 15.5 Å². The molecule has 2 atom stereocenters. The number of aromatic nitrogens is 1. The van der Waals surface area contributed by atoms with Crippen molar-refractivity contribution < 1.29 is 4.79 Å². The Bertz CT molecular complexity index is 527. The van der Waals surface area contributed by atoms with E-state index in [-0.39, 0.29) is 12.0 Å². The van der Waals surface area contributed by atoms with Crippen LogP contribution in [0.1, 0.15) is 39.0 Å². The molecule has 5 nitrogen and oxygen atoms in total. The fourth-order valence-corrected chi connectivity index (χ4v) is 4.07. The van der Waals surface area contributed by atoms with Crippen LogP contribution in [0, 0.1) is 11.8 Å². The summed E-state index contributed by atoms with van der Waals surface area (Å²) in [4.78, 5) is 21.6. The summed E-state index contributed by atoms with van der Waals surface area (Å²) in [6, 6.07) is 6.29. The van der Waals surface area contributed by atoms with E-state index in [0.29, 0.717) is 11.8 Å². The summed E-state index contributed by atoms with van der Waals surface area (Å²) in [5, 5.41) is 0. The van der Waals surface area contributed by atoms with E-state index in [0.717, 1.165) is 64.1 Å². The number of carbonyl (C=O) groups is 1. The molecule has 0 spiro atoms. The second-order valence-corrected chi connectivity index (χ2v) is 7.27.